The van der Waals surface area contributed by atoms with Crippen molar-refractivity contribution in [2.75, 3.05) is 19.1 Å². The Bertz CT molecular complexity index is 1100. The minimum absolute atomic E-state index is 0.691. The summed E-state index contributed by atoms with van der Waals surface area (Å²) < 4.78 is 13.4. The highest BCUT2D eigenvalue weighted by Gasteiger charge is 2.41. The average molecular weight is 406 g/mol. The van der Waals surface area contributed by atoms with Crippen LogP contribution in [0, 0.1) is 13.8 Å². The van der Waals surface area contributed by atoms with Crippen molar-refractivity contribution >= 4 is 11.2 Å². The summed E-state index contributed by atoms with van der Waals surface area (Å²) in [6.45, 7) is 6.54. The van der Waals surface area contributed by atoms with E-state index in [4.69, 9.17) is 14.6 Å². The molecule has 0 atom stereocenters. The van der Waals surface area contributed by atoms with Crippen molar-refractivity contribution in [2.45, 2.75) is 65.0 Å². The largest absolute Gasteiger partial charge is 0.497 e. The van der Waals surface area contributed by atoms with Gasteiger partial charge in [0.15, 0.2) is 0 Å². The van der Waals surface area contributed by atoms with Crippen LogP contribution in [-0.2, 0) is 6.42 Å². The lowest BCUT2D eigenvalue weighted by molar-refractivity contribution is 0.394. The van der Waals surface area contributed by atoms with Crippen LogP contribution in [0.2, 0.25) is 0 Å². The van der Waals surface area contributed by atoms with E-state index in [-0.39, 0.29) is 0 Å². The van der Waals surface area contributed by atoms with Crippen LogP contribution in [0.3, 0.4) is 0 Å². The maximum absolute atomic E-state index is 5.78. The summed E-state index contributed by atoms with van der Waals surface area (Å²) in [5.74, 6) is 1.62. The first kappa shape index (κ1) is 19.3. The van der Waals surface area contributed by atoms with E-state index in [1.165, 1.54) is 48.1 Å². The van der Waals surface area contributed by atoms with E-state index in [2.05, 4.69) is 48.4 Å². The van der Waals surface area contributed by atoms with Gasteiger partial charge in [-0.25, -0.2) is 4.52 Å². The van der Waals surface area contributed by atoms with Crippen molar-refractivity contribution in [2.24, 2.45) is 0 Å². The molecule has 5 heteroatoms. The van der Waals surface area contributed by atoms with Gasteiger partial charge in [0.05, 0.1) is 36.8 Å². The minimum Gasteiger partial charge on any atom is -0.497 e. The molecule has 2 fully saturated rings. The monoisotopic (exact) mass is 405 g/mol. The topological polar surface area (TPSA) is 39.0 Å². The summed E-state index contributed by atoms with van der Waals surface area (Å²) in [7, 11) is 3.41. The van der Waals surface area contributed by atoms with Gasteiger partial charge in [-0.2, -0.15) is 5.10 Å². The number of benzene rings is 1. The van der Waals surface area contributed by atoms with Crippen molar-refractivity contribution < 1.29 is 9.47 Å². The van der Waals surface area contributed by atoms with Crippen molar-refractivity contribution in [1.82, 2.24) is 9.61 Å². The number of aryl methyl sites for hydroxylation is 3. The number of methoxy groups -OCH3 is 2. The van der Waals surface area contributed by atoms with Crippen LogP contribution in [0.25, 0.3) is 16.8 Å². The molecular weight excluding hydrogens is 374 g/mol. The second-order valence-corrected chi connectivity index (χ2v) is 8.70. The highest BCUT2D eigenvalue weighted by Crippen LogP contribution is 2.46. The van der Waals surface area contributed by atoms with Gasteiger partial charge in [-0.05, 0) is 69.2 Å². The number of pyridine rings is 1. The van der Waals surface area contributed by atoms with E-state index >= 15 is 0 Å². The Kier molecular flexibility index (Phi) is 4.64. The lowest BCUT2D eigenvalue weighted by Gasteiger charge is -2.25. The van der Waals surface area contributed by atoms with Crippen LogP contribution >= 0.6 is 0 Å². The van der Waals surface area contributed by atoms with Crippen LogP contribution in [-0.4, -0.2) is 35.9 Å². The summed E-state index contributed by atoms with van der Waals surface area (Å²) in [5, 5.41) is 5.16. The number of aromatic nitrogens is 2. The smallest absolute Gasteiger partial charge is 0.132 e. The summed E-state index contributed by atoms with van der Waals surface area (Å²) in [5.41, 5.74) is 8.36. The second-order valence-electron chi connectivity index (χ2n) is 8.70. The van der Waals surface area contributed by atoms with Gasteiger partial charge in [0.2, 0.25) is 0 Å². The zero-order valence-electron chi connectivity index (χ0n) is 18.7. The molecule has 158 valence electrons. The van der Waals surface area contributed by atoms with E-state index in [1.807, 2.05) is 6.07 Å². The van der Waals surface area contributed by atoms with Crippen molar-refractivity contribution in [1.29, 1.82) is 0 Å². The third kappa shape index (κ3) is 3.03. The van der Waals surface area contributed by atoms with Crippen LogP contribution < -0.4 is 14.4 Å². The predicted octanol–water partition coefficient (Wildman–Crippen LogP) is 5.33. The van der Waals surface area contributed by atoms with E-state index in [0.29, 0.717) is 12.1 Å². The Labute approximate surface area is 178 Å². The van der Waals surface area contributed by atoms with Crippen LogP contribution in [0.1, 0.15) is 49.4 Å². The number of rotatable bonds is 7. The molecule has 2 aliphatic carbocycles. The third-order valence-electron chi connectivity index (χ3n) is 6.48. The minimum atomic E-state index is 0.691. The molecule has 1 aromatic carbocycles. The Morgan fingerprint density at radius 3 is 2.27 bits per heavy atom. The van der Waals surface area contributed by atoms with E-state index in [0.717, 1.165) is 34.7 Å². The lowest BCUT2D eigenvalue weighted by Crippen LogP contribution is -2.28. The van der Waals surface area contributed by atoms with Crippen molar-refractivity contribution in [3.05, 3.63) is 41.1 Å². The zero-order valence-corrected chi connectivity index (χ0v) is 18.7. The SMILES string of the molecule is CCc1nn2c(-c3c(C)cc(OC)cc3OC)ccc(C)c2c1N(C1CC1)C1CC1. The lowest BCUT2D eigenvalue weighted by atomic mass is 10.0. The fourth-order valence-electron chi connectivity index (χ4n) is 4.73. The molecule has 5 nitrogen and oxygen atoms in total. The second kappa shape index (κ2) is 7.22. The first-order valence-corrected chi connectivity index (χ1v) is 11.1. The average Bonchev–Trinajstić information content (AvgIpc) is 3.67. The molecule has 2 heterocycles. The molecule has 0 N–H and O–H groups in total. The molecule has 0 unspecified atom stereocenters. The Morgan fingerprint density at radius 1 is 1.00 bits per heavy atom. The molecule has 30 heavy (non-hydrogen) atoms. The molecule has 5 rings (SSSR count). The quantitative estimate of drug-likeness (QED) is 0.533. The molecule has 2 aromatic heterocycles. The maximum atomic E-state index is 5.78. The molecule has 3 aromatic rings. The van der Waals surface area contributed by atoms with Gasteiger partial charge >= 0.3 is 0 Å². The van der Waals surface area contributed by atoms with Gasteiger partial charge < -0.3 is 14.4 Å². The summed E-state index contributed by atoms with van der Waals surface area (Å²) >= 11 is 0. The number of nitrogens with zero attached hydrogens (tertiary/aromatic N) is 3. The van der Waals surface area contributed by atoms with Crippen LogP contribution in [0.5, 0.6) is 11.5 Å². The molecule has 0 spiro atoms. The van der Waals surface area contributed by atoms with E-state index in [1.54, 1.807) is 14.2 Å². The van der Waals surface area contributed by atoms with Gasteiger partial charge in [0.1, 0.15) is 11.5 Å². The Balaban J connectivity index is 1.78. The summed E-state index contributed by atoms with van der Waals surface area (Å²) in [6.07, 6.45) is 6.16. The molecule has 0 amide bonds. The van der Waals surface area contributed by atoms with Crippen molar-refractivity contribution in [3.63, 3.8) is 0 Å². The summed E-state index contributed by atoms with van der Waals surface area (Å²) in [6, 6.07) is 9.81. The van der Waals surface area contributed by atoms with E-state index < -0.39 is 0 Å². The molecule has 2 aliphatic rings. The molecule has 0 aliphatic heterocycles. The fraction of sp³-hybridized carbons (Fsp3) is 0.480. The molecule has 0 bridgehead atoms. The number of hydrogen-bond acceptors (Lipinski definition) is 4. The van der Waals surface area contributed by atoms with Crippen LogP contribution in [0.4, 0.5) is 5.69 Å². The fourth-order valence-corrected chi connectivity index (χ4v) is 4.73. The maximum Gasteiger partial charge on any atom is 0.132 e. The normalized spacial score (nSPS) is 16.2. The van der Waals surface area contributed by atoms with Gasteiger partial charge in [-0.15, -0.1) is 0 Å². The van der Waals surface area contributed by atoms with Gasteiger partial charge in [-0.3, -0.25) is 0 Å². The number of hydrogen-bond donors (Lipinski definition) is 0. The third-order valence-corrected chi connectivity index (χ3v) is 6.48. The first-order chi connectivity index (χ1) is 14.6. The highest BCUT2D eigenvalue weighted by molar-refractivity contribution is 5.84. The molecule has 0 saturated heterocycles. The first-order valence-electron chi connectivity index (χ1n) is 11.1. The van der Waals surface area contributed by atoms with Crippen LogP contribution in [0.15, 0.2) is 24.3 Å². The van der Waals surface area contributed by atoms with Crippen molar-refractivity contribution in [3.8, 4) is 22.8 Å². The van der Waals surface area contributed by atoms with Gasteiger partial charge in [0, 0.05) is 23.7 Å². The molecule has 2 saturated carbocycles. The highest BCUT2D eigenvalue weighted by atomic mass is 16.5. The number of ether oxygens (including phenoxy) is 2. The standard InChI is InChI=1S/C25H31N3O2/c1-6-20-25(27(17-8-9-17)18-10-11-18)24-15(2)7-12-21(28(24)26-20)23-16(3)13-19(29-4)14-22(23)30-5/h7,12-14,17-18H,6,8-11H2,1-5H3. The molecule has 0 radical (unpaired) electrons. The number of anilines is 1. The van der Waals surface area contributed by atoms with E-state index in [9.17, 15) is 0 Å². The Hall–Kier alpha value is -2.69. The summed E-state index contributed by atoms with van der Waals surface area (Å²) in [4.78, 5) is 2.70. The number of fused-ring (bicyclic) bond motifs is 1. The van der Waals surface area contributed by atoms with Gasteiger partial charge in [-0.1, -0.05) is 13.0 Å². The van der Waals surface area contributed by atoms with Gasteiger partial charge in [0.25, 0.3) is 0 Å². The predicted molar refractivity (Wildman–Crippen MR) is 121 cm³/mol. The molecular formula is C25H31N3O2. The Morgan fingerprint density at radius 2 is 1.70 bits per heavy atom. The zero-order chi connectivity index (χ0) is 21.0.